The molecule has 1 aromatic rings. The van der Waals surface area contributed by atoms with Crippen molar-refractivity contribution in [3.63, 3.8) is 0 Å². The van der Waals surface area contributed by atoms with Crippen molar-refractivity contribution in [2.45, 2.75) is 32.9 Å². The normalized spacial score (nSPS) is 11.3. The van der Waals surface area contributed by atoms with Crippen molar-refractivity contribution in [2.75, 3.05) is 13.6 Å². The second-order valence-corrected chi connectivity index (χ2v) is 4.36. The van der Waals surface area contributed by atoms with Crippen LogP contribution < -0.4 is 5.73 Å². The van der Waals surface area contributed by atoms with Crippen LogP contribution in [-0.4, -0.2) is 24.5 Å². The largest absolute Gasteiger partial charge is 0.330 e. The molecule has 1 rings (SSSR count). The van der Waals surface area contributed by atoms with Gasteiger partial charge in [0.05, 0.1) is 0 Å². The van der Waals surface area contributed by atoms with Crippen LogP contribution in [0.5, 0.6) is 0 Å². The molecule has 84 valence electrons. The number of hydrogen-bond acceptors (Lipinski definition) is 2. The van der Waals surface area contributed by atoms with Gasteiger partial charge in [0.15, 0.2) is 0 Å². The highest BCUT2D eigenvalue weighted by molar-refractivity contribution is 5.22. The molecule has 1 aromatic carbocycles. The lowest BCUT2D eigenvalue weighted by Crippen LogP contribution is -2.25. The Morgan fingerprint density at radius 2 is 1.67 bits per heavy atom. The Balaban J connectivity index is 2.56. The lowest BCUT2D eigenvalue weighted by atomic mass is 10.1. The van der Waals surface area contributed by atoms with Crippen molar-refractivity contribution in [3.05, 3.63) is 35.4 Å². The minimum absolute atomic E-state index is 0.591. The van der Waals surface area contributed by atoms with E-state index in [0.29, 0.717) is 6.04 Å². The molecular weight excluding hydrogens is 184 g/mol. The van der Waals surface area contributed by atoms with Gasteiger partial charge in [0, 0.05) is 12.6 Å². The van der Waals surface area contributed by atoms with Gasteiger partial charge in [-0.25, -0.2) is 0 Å². The zero-order chi connectivity index (χ0) is 11.3. The van der Waals surface area contributed by atoms with E-state index in [1.54, 1.807) is 0 Å². The Bertz CT molecular complexity index is 277. The van der Waals surface area contributed by atoms with Crippen LogP contribution in [-0.2, 0) is 13.0 Å². The maximum atomic E-state index is 5.51. The van der Waals surface area contributed by atoms with E-state index in [1.165, 1.54) is 11.1 Å². The maximum Gasteiger partial charge on any atom is 0.0233 e. The van der Waals surface area contributed by atoms with Crippen LogP contribution in [0.3, 0.4) is 0 Å². The molecule has 0 aliphatic heterocycles. The standard InChI is InChI=1S/C13H22N2/c1-11(2)15(3)10-13-6-4-12(5-7-13)8-9-14/h4-7,11H,8-10,14H2,1-3H3. The number of hydrogen-bond donors (Lipinski definition) is 1. The van der Waals surface area contributed by atoms with Crippen LogP contribution in [0.15, 0.2) is 24.3 Å². The lowest BCUT2D eigenvalue weighted by molar-refractivity contribution is 0.266. The minimum atomic E-state index is 0.591. The molecule has 0 bridgehead atoms. The highest BCUT2D eigenvalue weighted by atomic mass is 15.1. The molecule has 0 amide bonds. The maximum absolute atomic E-state index is 5.51. The first kappa shape index (κ1) is 12.2. The third kappa shape index (κ3) is 4.02. The van der Waals surface area contributed by atoms with Gasteiger partial charge in [0.1, 0.15) is 0 Å². The van der Waals surface area contributed by atoms with Gasteiger partial charge >= 0.3 is 0 Å². The molecule has 15 heavy (non-hydrogen) atoms. The highest BCUT2D eigenvalue weighted by Crippen LogP contribution is 2.08. The van der Waals surface area contributed by atoms with Crippen LogP contribution in [0.2, 0.25) is 0 Å². The third-order valence-electron chi connectivity index (χ3n) is 2.77. The topological polar surface area (TPSA) is 29.3 Å². The highest BCUT2D eigenvalue weighted by Gasteiger charge is 2.03. The fourth-order valence-corrected chi connectivity index (χ4v) is 1.45. The number of benzene rings is 1. The average Bonchev–Trinajstić information content (AvgIpc) is 2.21. The molecule has 2 heteroatoms. The first-order valence-corrected chi connectivity index (χ1v) is 5.61. The predicted molar refractivity (Wildman–Crippen MR) is 65.8 cm³/mol. The molecule has 0 spiro atoms. The van der Waals surface area contributed by atoms with Gasteiger partial charge in [-0.3, -0.25) is 4.90 Å². The van der Waals surface area contributed by atoms with Gasteiger partial charge in [0.25, 0.3) is 0 Å². The summed E-state index contributed by atoms with van der Waals surface area (Å²) in [5.41, 5.74) is 8.21. The predicted octanol–water partition coefficient (Wildman–Crippen LogP) is 2.03. The van der Waals surface area contributed by atoms with Crippen LogP contribution in [0.4, 0.5) is 0 Å². The van der Waals surface area contributed by atoms with Crippen LogP contribution >= 0.6 is 0 Å². The van der Waals surface area contributed by atoms with E-state index in [2.05, 4.69) is 50.1 Å². The molecule has 0 atom stereocenters. The van der Waals surface area contributed by atoms with Gasteiger partial charge in [-0.1, -0.05) is 24.3 Å². The summed E-state index contributed by atoms with van der Waals surface area (Å²) in [4.78, 5) is 2.33. The smallest absolute Gasteiger partial charge is 0.0233 e. The SMILES string of the molecule is CC(C)N(C)Cc1ccc(CCN)cc1. The summed E-state index contributed by atoms with van der Waals surface area (Å²) in [7, 11) is 2.15. The molecule has 0 aromatic heterocycles. The Morgan fingerprint density at radius 3 is 2.13 bits per heavy atom. The average molecular weight is 206 g/mol. The van der Waals surface area contributed by atoms with Crippen LogP contribution in [0.1, 0.15) is 25.0 Å². The van der Waals surface area contributed by atoms with Gasteiger partial charge in [-0.15, -0.1) is 0 Å². The molecule has 0 radical (unpaired) electrons. The van der Waals surface area contributed by atoms with E-state index in [1.807, 2.05) is 0 Å². The molecule has 0 saturated carbocycles. The molecule has 0 heterocycles. The van der Waals surface area contributed by atoms with E-state index in [4.69, 9.17) is 5.73 Å². The summed E-state index contributed by atoms with van der Waals surface area (Å²) in [6, 6.07) is 9.34. The lowest BCUT2D eigenvalue weighted by Gasteiger charge is -2.21. The first-order chi connectivity index (χ1) is 7.13. The second kappa shape index (κ2) is 5.89. The summed E-state index contributed by atoms with van der Waals surface area (Å²) >= 11 is 0. The van der Waals surface area contributed by atoms with Gasteiger partial charge in [0.2, 0.25) is 0 Å². The number of rotatable bonds is 5. The Morgan fingerprint density at radius 1 is 1.13 bits per heavy atom. The summed E-state index contributed by atoms with van der Waals surface area (Å²) in [6.45, 7) is 6.16. The molecule has 0 unspecified atom stereocenters. The minimum Gasteiger partial charge on any atom is -0.330 e. The van der Waals surface area contributed by atoms with Gasteiger partial charge < -0.3 is 5.73 Å². The molecule has 0 saturated heterocycles. The monoisotopic (exact) mass is 206 g/mol. The fourth-order valence-electron chi connectivity index (χ4n) is 1.45. The summed E-state index contributed by atoms with van der Waals surface area (Å²) in [5, 5.41) is 0. The third-order valence-corrected chi connectivity index (χ3v) is 2.77. The molecule has 0 aliphatic rings. The number of nitrogens with two attached hydrogens (primary N) is 1. The van der Waals surface area contributed by atoms with Crippen molar-refractivity contribution < 1.29 is 0 Å². The Kier molecular flexibility index (Phi) is 4.79. The van der Waals surface area contributed by atoms with E-state index >= 15 is 0 Å². The second-order valence-electron chi connectivity index (χ2n) is 4.36. The zero-order valence-corrected chi connectivity index (χ0v) is 10.0. The summed E-state index contributed by atoms with van der Waals surface area (Å²) in [5.74, 6) is 0. The van der Waals surface area contributed by atoms with Crippen molar-refractivity contribution in [1.29, 1.82) is 0 Å². The Labute approximate surface area is 93.1 Å². The number of nitrogens with zero attached hydrogens (tertiary/aromatic N) is 1. The Hall–Kier alpha value is -0.860. The van der Waals surface area contributed by atoms with Crippen molar-refractivity contribution in [1.82, 2.24) is 4.90 Å². The van der Waals surface area contributed by atoms with Crippen molar-refractivity contribution in [2.24, 2.45) is 5.73 Å². The van der Waals surface area contributed by atoms with E-state index in [0.717, 1.165) is 19.5 Å². The van der Waals surface area contributed by atoms with E-state index in [9.17, 15) is 0 Å². The summed E-state index contributed by atoms with van der Waals surface area (Å²) < 4.78 is 0. The van der Waals surface area contributed by atoms with Gasteiger partial charge in [-0.05, 0) is 45.0 Å². The first-order valence-electron chi connectivity index (χ1n) is 5.61. The molecule has 0 aliphatic carbocycles. The van der Waals surface area contributed by atoms with Crippen LogP contribution in [0, 0.1) is 0 Å². The molecule has 2 nitrogen and oxygen atoms in total. The van der Waals surface area contributed by atoms with Crippen molar-refractivity contribution in [3.8, 4) is 0 Å². The zero-order valence-electron chi connectivity index (χ0n) is 10.0. The molecule has 0 fully saturated rings. The van der Waals surface area contributed by atoms with E-state index in [-0.39, 0.29) is 0 Å². The molecule has 2 N–H and O–H groups in total. The fraction of sp³-hybridized carbons (Fsp3) is 0.538. The van der Waals surface area contributed by atoms with Gasteiger partial charge in [-0.2, -0.15) is 0 Å². The molecular formula is C13H22N2. The quantitative estimate of drug-likeness (QED) is 0.798. The summed E-state index contributed by atoms with van der Waals surface area (Å²) in [6.07, 6.45) is 0.973. The van der Waals surface area contributed by atoms with Crippen LogP contribution in [0.25, 0.3) is 0 Å². The van der Waals surface area contributed by atoms with E-state index < -0.39 is 0 Å². The van der Waals surface area contributed by atoms with Crippen molar-refractivity contribution >= 4 is 0 Å².